The first-order chi connectivity index (χ1) is 7.59. The first kappa shape index (κ1) is 11.0. The van der Waals surface area contributed by atoms with E-state index in [-0.39, 0.29) is 12.2 Å². The number of carbonyl (C=O) groups excluding carboxylic acids is 1. The number of halogens is 1. The van der Waals surface area contributed by atoms with Gasteiger partial charge in [0, 0.05) is 7.05 Å². The minimum absolute atomic E-state index is 0.102. The second kappa shape index (κ2) is 4.14. The molecule has 2 rings (SSSR count). The van der Waals surface area contributed by atoms with Gasteiger partial charge in [0.05, 0.1) is 29.1 Å². The molecule has 0 spiro atoms. The normalized spacial score (nSPS) is 10.7. The Bertz CT molecular complexity index is 514. The summed E-state index contributed by atoms with van der Waals surface area (Å²) in [5.41, 5.74) is 1.44. The van der Waals surface area contributed by atoms with Gasteiger partial charge in [-0.15, -0.1) is 0 Å². The van der Waals surface area contributed by atoms with Gasteiger partial charge in [-0.2, -0.15) is 5.10 Å². The molecule has 84 valence electrons. The second-order valence-electron chi connectivity index (χ2n) is 3.55. The zero-order valence-corrected chi connectivity index (χ0v) is 9.78. The van der Waals surface area contributed by atoms with Crippen molar-refractivity contribution in [2.75, 3.05) is 0 Å². The number of hydrogen-bond acceptors (Lipinski definition) is 3. The quantitative estimate of drug-likeness (QED) is 0.772. The van der Waals surface area contributed by atoms with E-state index < -0.39 is 0 Å². The summed E-state index contributed by atoms with van der Waals surface area (Å²) in [5.74, 6) is 0.241. The molecular weight excluding hydrogens is 228 g/mol. The molecule has 16 heavy (non-hydrogen) atoms. The number of hydrogen-bond donors (Lipinski definition) is 0. The van der Waals surface area contributed by atoms with Crippen molar-refractivity contribution in [3.05, 3.63) is 40.6 Å². The monoisotopic (exact) mass is 238 g/mol. The van der Waals surface area contributed by atoms with E-state index in [0.29, 0.717) is 16.5 Å². The summed E-state index contributed by atoms with van der Waals surface area (Å²) in [6, 6.07) is 3.32. The van der Waals surface area contributed by atoms with Crippen molar-refractivity contribution in [2.45, 2.75) is 13.3 Å². The van der Waals surface area contributed by atoms with Gasteiger partial charge in [-0.1, -0.05) is 11.6 Å². The van der Waals surface area contributed by atoms with Crippen LogP contribution in [0.5, 0.6) is 0 Å². The highest BCUT2D eigenvalue weighted by molar-refractivity contribution is 6.32. The van der Waals surface area contributed by atoms with Gasteiger partial charge in [-0.25, -0.2) is 0 Å². The maximum atomic E-state index is 11.8. The molecule has 0 saturated heterocycles. The van der Waals surface area contributed by atoms with E-state index in [9.17, 15) is 4.79 Å². The van der Waals surface area contributed by atoms with Crippen molar-refractivity contribution in [3.63, 3.8) is 0 Å². The maximum absolute atomic E-state index is 11.8. The number of rotatable bonds is 3. The molecule has 2 aromatic heterocycles. The lowest BCUT2D eigenvalue weighted by molar-refractivity contribution is 0.0964. The first-order valence-corrected chi connectivity index (χ1v) is 5.22. The second-order valence-corrected chi connectivity index (χ2v) is 3.92. The van der Waals surface area contributed by atoms with E-state index >= 15 is 0 Å². The first-order valence-electron chi connectivity index (χ1n) is 4.84. The van der Waals surface area contributed by atoms with Crippen molar-refractivity contribution in [1.29, 1.82) is 0 Å². The molecule has 4 nitrogen and oxygen atoms in total. The Balaban J connectivity index is 2.25. The lowest BCUT2D eigenvalue weighted by atomic mass is 10.2. The Kier molecular flexibility index (Phi) is 2.83. The Morgan fingerprint density at radius 2 is 2.38 bits per heavy atom. The molecular formula is C11H11ClN2O2. The van der Waals surface area contributed by atoms with E-state index in [2.05, 4.69) is 5.10 Å². The van der Waals surface area contributed by atoms with Crippen LogP contribution in [0.4, 0.5) is 0 Å². The summed E-state index contributed by atoms with van der Waals surface area (Å²) in [6.45, 7) is 1.81. The third kappa shape index (κ3) is 1.88. The van der Waals surface area contributed by atoms with Gasteiger partial charge < -0.3 is 4.42 Å². The molecule has 0 aliphatic rings. The summed E-state index contributed by atoms with van der Waals surface area (Å²) in [5, 5.41) is 4.69. The molecule has 0 amide bonds. The lowest BCUT2D eigenvalue weighted by Gasteiger charge is -2.00. The number of furan rings is 1. The van der Waals surface area contributed by atoms with Crippen LogP contribution >= 0.6 is 11.6 Å². The number of Topliss-reactive ketones (excluding diaryl/α,β-unsaturated/α-hetero) is 1. The van der Waals surface area contributed by atoms with Gasteiger partial charge in [0.15, 0.2) is 5.76 Å². The van der Waals surface area contributed by atoms with E-state index in [4.69, 9.17) is 16.0 Å². The van der Waals surface area contributed by atoms with Crippen molar-refractivity contribution >= 4 is 17.4 Å². The molecule has 0 aliphatic carbocycles. The van der Waals surface area contributed by atoms with Gasteiger partial charge >= 0.3 is 0 Å². The van der Waals surface area contributed by atoms with Crippen molar-refractivity contribution in [1.82, 2.24) is 9.78 Å². The van der Waals surface area contributed by atoms with Crippen molar-refractivity contribution < 1.29 is 9.21 Å². The molecule has 2 heterocycles. The van der Waals surface area contributed by atoms with Crippen LogP contribution in [0.1, 0.15) is 21.9 Å². The minimum Gasteiger partial charge on any atom is -0.461 e. The van der Waals surface area contributed by atoms with E-state index in [1.807, 2.05) is 6.92 Å². The highest BCUT2D eigenvalue weighted by atomic mass is 35.5. The van der Waals surface area contributed by atoms with Crippen LogP contribution in [-0.2, 0) is 13.5 Å². The fraction of sp³-hybridized carbons (Fsp3) is 0.273. The Morgan fingerprint density at radius 3 is 2.88 bits per heavy atom. The van der Waals surface area contributed by atoms with Gasteiger partial charge in [0.2, 0.25) is 5.78 Å². The van der Waals surface area contributed by atoms with Crippen LogP contribution in [0.25, 0.3) is 0 Å². The zero-order chi connectivity index (χ0) is 11.7. The molecule has 0 saturated carbocycles. The number of carbonyl (C=O) groups is 1. The Morgan fingerprint density at radius 1 is 1.62 bits per heavy atom. The fourth-order valence-corrected chi connectivity index (χ4v) is 1.78. The highest BCUT2D eigenvalue weighted by Gasteiger charge is 2.17. The molecule has 0 atom stereocenters. The van der Waals surface area contributed by atoms with Crippen molar-refractivity contribution in [2.24, 2.45) is 7.05 Å². The molecule has 0 unspecified atom stereocenters. The number of aromatic nitrogens is 2. The maximum Gasteiger partial charge on any atom is 0.203 e. The fourth-order valence-electron chi connectivity index (χ4n) is 1.55. The summed E-state index contributed by atoms with van der Waals surface area (Å²) in [4.78, 5) is 11.8. The third-order valence-electron chi connectivity index (χ3n) is 2.39. The third-order valence-corrected chi connectivity index (χ3v) is 2.88. The molecule has 2 aromatic rings. The standard InChI is InChI=1S/C11H11ClN2O2/c1-7-11(12)8(14(2)13-7)6-9(15)10-4-3-5-16-10/h3-5H,6H2,1-2H3. The van der Waals surface area contributed by atoms with Crippen LogP contribution in [0, 0.1) is 6.92 Å². The predicted molar refractivity (Wildman–Crippen MR) is 59.7 cm³/mol. The molecule has 0 fully saturated rings. The van der Waals surface area contributed by atoms with Gasteiger partial charge in [0.25, 0.3) is 0 Å². The largest absolute Gasteiger partial charge is 0.461 e. The van der Waals surface area contributed by atoms with Crippen molar-refractivity contribution in [3.8, 4) is 0 Å². The predicted octanol–water partition coefficient (Wildman–Crippen LogP) is 2.40. The Hall–Kier alpha value is -1.55. The number of nitrogens with zero attached hydrogens (tertiary/aromatic N) is 2. The summed E-state index contributed by atoms with van der Waals surface area (Å²) in [6.07, 6.45) is 1.67. The lowest BCUT2D eigenvalue weighted by Crippen LogP contribution is -2.07. The van der Waals surface area contributed by atoms with E-state index in [1.165, 1.54) is 6.26 Å². The van der Waals surface area contributed by atoms with E-state index in [0.717, 1.165) is 5.69 Å². The molecule has 0 aromatic carbocycles. The molecule has 0 bridgehead atoms. The van der Waals surface area contributed by atoms with Crippen LogP contribution in [0.3, 0.4) is 0 Å². The van der Waals surface area contributed by atoms with Crippen LogP contribution < -0.4 is 0 Å². The van der Waals surface area contributed by atoms with Gasteiger partial charge in [-0.3, -0.25) is 9.48 Å². The van der Waals surface area contributed by atoms with Crippen LogP contribution in [-0.4, -0.2) is 15.6 Å². The highest BCUT2D eigenvalue weighted by Crippen LogP contribution is 2.21. The van der Waals surface area contributed by atoms with Crippen LogP contribution in [0.2, 0.25) is 5.02 Å². The minimum atomic E-state index is -0.102. The van der Waals surface area contributed by atoms with E-state index in [1.54, 1.807) is 23.9 Å². The number of aryl methyl sites for hydroxylation is 2. The Labute approximate surface area is 97.8 Å². The molecule has 0 aliphatic heterocycles. The molecule has 5 heteroatoms. The summed E-state index contributed by atoms with van der Waals surface area (Å²) >= 11 is 6.05. The summed E-state index contributed by atoms with van der Waals surface area (Å²) < 4.78 is 6.66. The topological polar surface area (TPSA) is 48.0 Å². The molecule has 0 radical (unpaired) electrons. The van der Waals surface area contributed by atoms with Gasteiger partial charge in [-0.05, 0) is 19.1 Å². The summed E-state index contributed by atoms with van der Waals surface area (Å²) in [7, 11) is 1.77. The smallest absolute Gasteiger partial charge is 0.203 e. The average molecular weight is 239 g/mol. The van der Waals surface area contributed by atoms with Crippen LogP contribution in [0.15, 0.2) is 22.8 Å². The zero-order valence-electron chi connectivity index (χ0n) is 9.03. The van der Waals surface area contributed by atoms with Gasteiger partial charge in [0.1, 0.15) is 0 Å². The SMILES string of the molecule is Cc1nn(C)c(CC(=O)c2ccco2)c1Cl. The number of ketones is 1. The molecule has 0 N–H and O–H groups in total. The average Bonchev–Trinajstić information content (AvgIpc) is 2.83.